The molecule has 2 aromatic rings. The predicted molar refractivity (Wildman–Crippen MR) is 91.5 cm³/mol. The zero-order chi connectivity index (χ0) is 17.7. The maximum absolute atomic E-state index is 12.1. The third-order valence-electron chi connectivity index (χ3n) is 3.05. The van der Waals surface area contributed by atoms with E-state index in [2.05, 4.69) is 9.97 Å². The molecule has 2 N–H and O–H groups in total. The Balaban J connectivity index is 2.01. The van der Waals surface area contributed by atoms with E-state index in [9.17, 15) is 18.0 Å². The van der Waals surface area contributed by atoms with Crippen LogP contribution in [-0.4, -0.2) is 30.0 Å². The van der Waals surface area contributed by atoms with Gasteiger partial charge in [-0.1, -0.05) is 36.4 Å². The van der Waals surface area contributed by atoms with Gasteiger partial charge in [-0.05, 0) is 25.5 Å². The van der Waals surface area contributed by atoms with Gasteiger partial charge >= 0.3 is 0 Å². The molecule has 24 heavy (non-hydrogen) atoms. The van der Waals surface area contributed by atoms with E-state index in [0.717, 1.165) is 17.3 Å². The number of rotatable bonds is 6. The maximum atomic E-state index is 12.1. The molecule has 0 bridgehead atoms. The van der Waals surface area contributed by atoms with Gasteiger partial charge in [0.05, 0.1) is 10.6 Å². The number of sulfonamides is 1. The average Bonchev–Trinajstić information content (AvgIpc) is 2.52. The van der Waals surface area contributed by atoms with Gasteiger partial charge < -0.3 is 4.98 Å². The van der Waals surface area contributed by atoms with E-state index in [4.69, 9.17) is 0 Å². The van der Waals surface area contributed by atoms with E-state index in [1.807, 2.05) is 18.6 Å². The number of amides is 1. The molecule has 1 heterocycles. The first kappa shape index (κ1) is 18.2. The molecule has 0 unspecified atom stereocenters. The van der Waals surface area contributed by atoms with Crippen molar-refractivity contribution in [1.82, 2.24) is 14.7 Å². The molecule has 1 amide bonds. The number of nitrogens with one attached hydrogen (secondary N) is 2. The number of carbonyl (C=O) groups excluding carboxylic acids is 1. The summed E-state index contributed by atoms with van der Waals surface area (Å²) in [6, 6.07) is 7.55. The Kier molecular flexibility index (Phi) is 5.79. The van der Waals surface area contributed by atoms with Gasteiger partial charge in [-0.15, -0.1) is 0 Å². The summed E-state index contributed by atoms with van der Waals surface area (Å²) in [5.41, 5.74) is 1.22. The summed E-state index contributed by atoms with van der Waals surface area (Å²) < 4.78 is 26.2. The summed E-state index contributed by atoms with van der Waals surface area (Å²) >= 11 is 0.967. The summed E-state index contributed by atoms with van der Waals surface area (Å²) in [6.45, 7) is 3.70. The van der Waals surface area contributed by atoms with Gasteiger partial charge in [0.25, 0.3) is 15.6 Å². The van der Waals surface area contributed by atoms with Gasteiger partial charge in [-0.3, -0.25) is 9.59 Å². The summed E-state index contributed by atoms with van der Waals surface area (Å²) in [6.07, 6.45) is 0.589. The molecule has 0 aliphatic rings. The van der Waals surface area contributed by atoms with Crippen molar-refractivity contribution in [1.29, 1.82) is 0 Å². The van der Waals surface area contributed by atoms with Crippen LogP contribution in [0.4, 0.5) is 0 Å². The van der Waals surface area contributed by atoms with Crippen molar-refractivity contribution in [3.05, 3.63) is 51.9 Å². The zero-order valence-electron chi connectivity index (χ0n) is 13.2. The zero-order valence-corrected chi connectivity index (χ0v) is 14.8. The quantitative estimate of drug-likeness (QED) is 0.587. The number of thioether (sulfide) groups is 1. The summed E-state index contributed by atoms with van der Waals surface area (Å²) in [7, 11) is -3.91. The fourth-order valence-electron chi connectivity index (χ4n) is 1.82. The molecular formula is C15H17N3O4S2. The molecule has 0 atom stereocenters. The first-order valence-corrected chi connectivity index (χ1v) is 9.62. The van der Waals surface area contributed by atoms with Crippen molar-refractivity contribution in [2.45, 2.75) is 30.3 Å². The first-order valence-electron chi connectivity index (χ1n) is 7.15. The Morgan fingerprint density at radius 3 is 2.58 bits per heavy atom. The van der Waals surface area contributed by atoms with Crippen LogP contribution >= 0.6 is 11.8 Å². The van der Waals surface area contributed by atoms with E-state index in [0.29, 0.717) is 12.1 Å². The lowest BCUT2D eigenvalue weighted by Gasteiger charge is -2.07. The molecule has 0 saturated heterocycles. The molecule has 0 spiro atoms. The normalized spacial score (nSPS) is 11.2. The second-order valence-electron chi connectivity index (χ2n) is 5.03. The highest BCUT2D eigenvalue weighted by molar-refractivity contribution is 8.00. The molecule has 0 saturated carbocycles. The molecule has 0 aliphatic heterocycles. The first-order chi connectivity index (χ1) is 11.3. The highest BCUT2D eigenvalue weighted by Crippen LogP contribution is 2.13. The lowest BCUT2D eigenvalue weighted by molar-refractivity contribution is -0.116. The van der Waals surface area contributed by atoms with Gasteiger partial charge in [0.2, 0.25) is 5.91 Å². The lowest BCUT2D eigenvalue weighted by atomic mass is 10.2. The SMILES string of the molecule is CCc1cc(=O)[nH]c(SCC(=O)NS(=O)(=O)c2ccc(C)cc2)n1. The minimum Gasteiger partial charge on any atom is -0.301 e. The van der Waals surface area contributed by atoms with Gasteiger partial charge in [-0.2, -0.15) is 0 Å². The Morgan fingerprint density at radius 2 is 1.96 bits per heavy atom. The molecule has 2 rings (SSSR count). The van der Waals surface area contributed by atoms with E-state index >= 15 is 0 Å². The Bertz CT molecular complexity index is 890. The summed E-state index contributed by atoms with van der Waals surface area (Å²) in [5.74, 6) is -0.869. The monoisotopic (exact) mass is 367 g/mol. The molecule has 1 aromatic carbocycles. The van der Waals surface area contributed by atoms with Crippen molar-refractivity contribution in [2.75, 3.05) is 5.75 Å². The summed E-state index contributed by atoms with van der Waals surface area (Å²) in [4.78, 5) is 30.0. The van der Waals surface area contributed by atoms with Gasteiger partial charge in [-0.25, -0.2) is 18.1 Å². The fraction of sp³-hybridized carbons (Fsp3) is 0.267. The Hall–Kier alpha value is -2.13. The average molecular weight is 367 g/mol. The minimum absolute atomic E-state index is 0.0194. The van der Waals surface area contributed by atoms with Gasteiger partial charge in [0.15, 0.2) is 5.16 Å². The highest BCUT2D eigenvalue weighted by Gasteiger charge is 2.17. The van der Waals surface area contributed by atoms with Crippen molar-refractivity contribution in [3.63, 3.8) is 0 Å². The smallest absolute Gasteiger partial charge is 0.264 e. The number of nitrogens with zero attached hydrogens (tertiary/aromatic N) is 1. The molecular weight excluding hydrogens is 350 g/mol. The molecule has 9 heteroatoms. The van der Waals surface area contributed by atoms with Crippen molar-refractivity contribution in [3.8, 4) is 0 Å². The topological polar surface area (TPSA) is 109 Å². The second kappa shape index (κ2) is 7.63. The number of aromatic amines is 1. The van der Waals surface area contributed by atoms with Gasteiger partial charge in [0.1, 0.15) is 0 Å². The Morgan fingerprint density at radius 1 is 1.29 bits per heavy atom. The standard InChI is InChI=1S/C15H17N3O4S2/c1-3-11-8-13(19)17-15(16-11)23-9-14(20)18-24(21,22)12-6-4-10(2)5-7-12/h4-8H,3,9H2,1-2H3,(H,18,20)(H,16,17,19). The number of aryl methyl sites for hydroxylation is 2. The number of hydrogen-bond acceptors (Lipinski definition) is 6. The van der Waals surface area contributed by atoms with Crippen LogP contribution in [0.15, 0.2) is 45.2 Å². The molecule has 1 aromatic heterocycles. The molecule has 0 aliphatic carbocycles. The van der Waals surface area contributed by atoms with E-state index in [1.54, 1.807) is 12.1 Å². The lowest BCUT2D eigenvalue weighted by Crippen LogP contribution is -2.32. The fourth-order valence-corrected chi connectivity index (χ4v) is 3.59. The summed E-state index contributed by atoms with van der Waals surface area (Å²) in [5, 5.41) is 0.280. The van der Waals surface area contributed by atoms with Crippen molar-refractivity contribution >= 4 is 27.7 Å². The number of aromatic nitrogens is 2. The van der Waals surface area contributed by atoms with Gasteiger partial charge in [0, 0.05) is 11.8 Å². The molecule has 128 valence electrons. The van der Waals surface area contributed by atoms with Crippen LogP contribution in [0.25, 0.3) is 0 Å². The number of benzene rings is 1. The van der Waals surface area contributed by atoms with E-state index < -0.39 is 15.9 Å². The third-order valence-corrected chi connectivity index (χ3v) is 5.32. The second-order valence-corrected chi connectivity index (χ2v) is 7.67. The highest BCUT2D eigenvalue weighted by atomic mass is 32.2. The largest absolute Gasteiger partial charge is 0.301 e. The Labute approximate surface area is 144 Å². The van der Waals surface area contributed by atoms with Crippen LogP contribution in [0.5, 0.6) is 0 Å². The number of H-pyrrole nitrogens is 1. The molecule has 0 radical (unpaired) electrons. The van der Waals surface area contributed by atoms with Crippen LogP contribution in [0.1, 0.15) is 18.2 Å². The van der Waals surface area contributed by atoms with E-state index in [1.165, 1.54) is 18.2 Å². The third kappa shape index (κ3) is 4.93. The maximum Gasteiger partial charge on any atom is 0.264 e. The van der Waals surface area contributed by atoms with Crippen LogP contribution < -0.4 is 10.3 Å². The molecule has 7 nitrogen and oxygen atoms in total. The number of hydrogen-bond donors (Lipinski definition) is 2. The van der Waals surface area contributed by atoms with Crippen LogP contribution in [0, 0.1) is 6.92 Å². The number of carbonyl (C=O) groups is 1. The van der Waals surface area contributed by atoms with Crippen molar-refractivity contribution < 1.29 is 13.2 Å². The van der Waals surface area contributed by atoms with Crippen LogP contribution in [-0.2, 0) is 21.2 Å². The van der Waals surface area contributed by atoms with Crippen LogP contribution in [0.2, 0.25) is 0 Å². The predicted octanol–water partition coefficient (Wildman–Crippen LogP) is 1.24. The van der Waals surface area contributed by atoms with Crippen LogP contribution in [0.3, 0.4) is 0 Å². The van der Waals surface area contributed by atoms with Crippen molar-refractivity contribution in [2.24, 2.45) is 0 Å². The van der Waals surface area contributed by atoms with E-state index in [-0.39, 0.29) is 21.4 Å². The minimum atomic E-state index is -3.91. The molecule has 0 fully saturated rings.